The van der Waals surface area contributed by atoms with Gasteiger partial charge >= 0.3 is 5.97 Å². The van der Waals surface area contributed by atoms with E-state index in [1.165, 1.54) is 12.0 Å². The lowest BCUT2D eigenvalue weighted by atomic mass is 9.81. The Balaban J connectivity index is 0.00000210. The summed E-state index contributed by atoms with van der Waals surface area (Å²) in [5, 5.41) is 0. The molecular formula is C22H26ClNO3. The molecule has 0 aliphatic carbocycles. The Hall–Kier alpha value is -2.04. The number of esters is 1. The molecule has 5 heteroatoms. The van der Waals surface area contributed by atoms with Gasteiger partial charge in [-0.2, -0.15) is 0 Å². The van der Waals surface area contributed by atoms with Gasteiger partial charge in [-0.3, -0.25) is 4.90 Å². The molecule has 4 nitrogen and oxygen atoms in total. The summed E-state index contributed by atoms with van der Waals surface area (Å²) in [6, 6.07) is 15.3. The van der Waals surface area contributed by atoms with Crippen LogP contribution in [0.25, 0.3) is 0 Å². The summed E-state index contributed by atoms with van der Waals surface area (Å²) in [6.07, 6.45) is 3.52. The topological polar surface area (TPSA) is 38.8 Å². The van der Waals surface area contributed by atoms with Crippen LogP contribution in [0.4, 0.5) is 0 Å². The van der Waals surface area contributed by atoms with Gasteiger partial charge in [0.25, 0.3) is 0 Å². The first-order chi connectivity index (χ1) is 12.8. The number of carbonyl (C=O) groups excluding carboxylic acids is 1. The molecule has 0 saturated carbocycles. The number of hydrogen-bond acceptors (Lipinski definition) is 4. The molecule has 0 N–H and O–H groups in total. The van der Waals surface area contributed by atoms with E-state index in [9.17, 15) is 4.79 Å². The van der Waals surface area contributed by atoms with E-state index in [1.807, 2.05) is 36.4 Å². The number of hydrogen-bond donors (Lipinski definition) is 0. The first kappa shape index (κ1) is 19.7. The van der Waals surface area contributed by atoms with Gasteiger partial charge in [0.15, 0.2) is 0 Å². The Morgan fingerprint density at radius 2 is 2.04 bits per heavy atom. The largest absolute Gasteiger partial charge is 0.492 e. The number of halogens is 1. The van der Waals surface area contributed by atoms with Crippen LogP contribution in [0.3, 0.4) is 0 Å². The average Bonchev–Trinajstić information content (AvgIpc) is 2.69. The van der Waals surface area contributed by atoms with E-state index in [0.29, 0.717) is 23.3 Å². The molecule has 0 aromatic heterocycles. The van der Waals surface area contributed by atoms with Crippen LogP contribution < -0.4 is 9.47 Å². The Bertz CT molecular complexity index is 778. The fraction of sp³-hybridized carbons (Fsp3) is 0.409. The minimum atomic E-state index is -0.324. The molecule has 1 fully saturated rings. The molecule has 4 rings (SSSR count). The maximum absolute atomic E-state index is 12.3. The van der Waals surface area contributed by atoms with Gasteiger partial charge in [0.1, 0.15) is 18.1 Å². The average molecular weight is 388 g/mol. The third-order valence-electron chi connectivity index (χ3n) is 5.42. The van der Waals surface area contributed by atoms with Crippen LogP contribution in [0.2, 0.25) is 0 Å². The summed E-state index contributed by atoms with van der Waals surface area (Å²) in [6.45, 7) is 5.24. The molecule has 0 unspecified atom stereocenters. The first-order valence-corrected chi connectivity index (χ1v) is 9.54. The summed E-state index contributed by atoms with van der Waals surface area (Å²) in [5.41, 5.74) is 1.74. The molecule has 0 amide bonds. The second-order valence-corrected chi connectivity index (χ2v) is 7.12. The van der Waals surface area contributed by atoms with Gasteiger partial charge in [-0.25, -0.2) is 4.79 Å². The van der Waals surface area contributed by atoms with Crippen LogP contribution >= 0.6 is 12.4 Å². The summed E-state index contributed by atoms with van der Waals surface area (Å²) < 4.78 is 11.6. The van der Waals surface area contributed by atoms with E-state index < -0.39 is 0 Å². The molecule has 2 aromatic carbocycles. The van der Waals surface area contributed by atoms with Gasteiger partial charge in [-0.05, 0) is 62.7 Å². The number of ether oxygens (including phenoxy) is 2. The van der Waals surface area contributed by atoms with Crippen molar-refractivity contribution in [2.45, 2.75) is 38.1 Å². The number of nitrogens with zero attached hydrogens (tertiary/aromatic N) is 1. The van der Waals surface area contributed by atoms with Crippen molar-refractivity contribution in [1.82, 2.24) is 4.90 Å². The standard InChI is InChI=1S/C22H25NO3.ClH/c1-2-12-23-13-6-9-18-19-14-17(10-11-21(19)25-15-20(18)23)26-22(24)16-7-4-3-5-8-16;/h3-5,7-8,10-11,14,18,20H,2,6,9,12-13,15H2,1H3;1H/t18-,20-;/m0./s1. The highest BCUT2D eigenvalue weighted by molar-refractivity contribution is 5.91. The minimum absolute atomic E-state index is 0. The molecule has 2 aliphatic heterocycles. The number of benzene rings is 2. The highest BCUT2D eigenvalue weighted by atomic mass is 35.5. The molecule has 0 radical (unpaired) electrons. The number of piperidine rings is 1. The van der Waals surface area contributed by atoms with E-state index in [2.05, 4.69) is 11.8 Å². The zero-order valence-corrected chi connectivity index (χ0v) is 16.4. The predicted octanol–water partition coefficient (Wildman–Crippen LogP) is 4.68. The van der Waals surface area contributed by atoms with Gasteiger partial charge < -0.3 is 9.47 Å². The molecule has 2 heterocycles. The maximum atomic E-state index is 12.3. The van der Waals surface area contributed by atoms with Crippen LogP contribution in [-0.4, -0.2) is 36.6 Å². The molecule has 1 saturated heterocycles. The smallest absolute Gasteiger partial charge is 0.343 e. The van der Waals surface area contributed by atoms with Crippen LogP contribution in [0, 0.1) is 0 Å². The first-order valence-electron chi connectivity index (χ1n) is 9.54. The number of likely N-dealkylation sites (tertiary alicyclic amines) is 1. The predicted molar refractivity (Wildman–Crippen MR) is 108 cm³/mol. The zero-order chi connectivity index (χ0) is 17.9. The number of fused-ring (bicyclic) bond motifs is 3. The Labute approximate surface area is 166 Å². The fourth-order valence-corrected chi connectivity index (χ4v) is 4.20. The number of rotatable bonds is 4. The van der Waals surface area contributed by atoms with E-state index in [1.54, 1.807) is 12.1 Å². The Morgan fingerprint density at radius 3 is 2.81 bits per heavy atom. The van der Waals surface area contributed by atoms with Gasteiger partial charge in [0.2, 0.25) is 0 Å². The van der Waals surface area contributed by atoms with Crippen molar-refractivity contribution < 1.29 is 14.3 Å². The zero-order valence-electron chi connectivity index (χ0n) is 15.6. The Morgan fingerprint density at radius 1 is 1.22 bits per heavy atom. The normalized spacial score (nSPS) is 21.2. The molecule has 144 valence electrons. The molecule has 2 aliphatic rings. The van der Waals surface area contributed by atoms with Gasteiger partial charge in [0, 0.05) is 11.5 Å². The second-order valence-electron chi connectivity index (χ2n) is 7.12. The lowest BCUT2D eigenvalue weighted by Crippen LogP contribution is -2.49. The monoisotopic (exact) mass is 387 g/mol. The van der Waals surface area contributed by atoms with E-state index in [-0.39, 0.29) is 18.4 Å². The SMILES string of the molecule is CCCN1CCC[C@H]2c3cc(OC(=O)c4ccccc4)ccc3OC[C@@H]21.Cl. The van der Waals surface area contributed by atoms with Crippen molar-refractivity contribution >= 4 is 18.4 Å². The lowest BCUT2D eigenvalue weighted by molar-refractivity contribution is 0.0651. The van der Waals surface area contributed by atoms with Crippen molar-refractivity contribution in [2.24, 2.45) is 0 Å². The van der Waals surface area contributed by atoms with Crippen molar-refractivity contribution in [3.8, 4) is 11.5 Å². The molecule has 2 atom stereocenters. The van der Waals surface area contributed by atoms with Crippen LogP contribution in [-0.2, 0) is 0 Å². The fourth-order valence-electron chi connectivity index (χ4n) is 4.20. The van der Waals surface area contributed by atoms with Crippen molar-refractivity contribution in [3.63, 3.8) is 0 Å². The third kappa shape index (κ3) is 4.12. The quantitative estimate of drug-likeness (QED) is 0.564. The lowest BCUT2D eigenvalue weighted by Gasteiger charge is -2.44. The van der Waals surface area contributed by atoms with Crippen molar-refractivity contribution in [3.05, 3.63) is 59.7 Å². The van der Waals surface area contributed by atoms with Gasteiger partial charge in [0.05, 0.1) is 11.6 Å². The second kappa shape index (κ2) is 8.77. The molecule has 0 bridgehead atoms. The maximum Gasteiger partial charge on any atom is 0.343 e. The van der Waals surface area contributed by atoms with Crippen LogP contribution in [0.5, 0.6) is 11.5 Å². The molecule has 2 aromatic rings. The van der Waals surface area contributed by atoms with Gasteiger partial charge in [-0.15, -0.1) is 12.4 Å². The molecule has 27 heavy (non-hydrogen) atoms. The highest BCUT2D eigenvalue weighted by Crippen LogP contribution is 2.42. The van der Waals surface area contributed by atoms with Crippen LogP contribution in [0.15, 0.2) is 48.5 Å². The van der Waals surface area contributed by atoms with Gasteiger partial charge in [-0.1, -0.05) is 25.1 Å². The van der Waals surface area contributed by atoms with Crippen molar-refractivity contribution in [1.29, 1.82) is 0 Å². The number of carbonyl (C=O) groups is 1. The molecular weight excluding hydrogens is 362 g/mol. The summed E-state index contributed by atoms with van der Waals surface area (Å²) in [7, 11) is 0. The van der Waals surface area contributed by atoms with E-state index in [0.717, 1.165) is 38.3 Å². The summed E-state index contributed by atoms with van der Waals surface area (Å²) >= 11 is 0. The minimum Gasteiger partial charge on any atom is -0.492 e. The highest BCUT2D eigenvalue weighted by Gasteiger charge is 2.37. The summed E-state index contributed by atoms with van der Waals surface area (Å²) in [5.74, 6) is 1.66. The van der Waals surface area contributed by atoms with Crippen molar-refractivity contribution in [2.75, 3.05) is 19.7 Å². The summed E-state index contributed by atoms with van der Waals surface area (Å²) in [4.78, 5) is 14.9. The third-order valence-corrected chi connectivity index (χ3v) is 5.42. The van der Waals surface area contributed by atoms with E-state index >= 15 is 0 Å². The Kier molecular flexibility index (Phi) is 6.40. The molecule has 0 spiro atoms. The van der Waals surface area contributed by atoms with Crippen LogP contribution in [0.1, 0.15) is 48.0 Å². The van der Waals surface area contributed by atoms with E-state index in [4.69, 9.17) is 9.47 Å².